The molecular formula is C18H29N3O4S. The van der Waals surface area contributed by atoms with Gasteiger partial charge in [0.25, 0.3) is 5.91 Å². The Labute approximate surface area is 156 Å². The molecule has 1 aromatic rings. The third-order valence-corrected chi connectivity index (χ3v) is 6.54. The molecule has 1 heterocycles. The van der Waals surface area contributed by atoms with Crippen LogP contribution in [0.25, 0.3) is 0 Å². The highest BCUT2D eigenvalue weighted by Crippen LogP contribution is 2.27. The minimum Gasteiger partial charge on any atom is -0.496 e. The van der Waals surface area contributed by atoms with Crippen LogP contribution in [0.1, 0.15) is 36.0 Å². The zero-order valence-electron chi connectivity index (χ0n) is 15.8. The molecule has 1 fully saturated rings. The summed E-state index contributed by atoms with van der Waals surface area (Å²) in [6, 6.07) is 4.52. The summed E-state index contributed by atoms with van der Waals surface area (Å²) >= 11 is 0. The number of likely N-dealkylation sites (N-methyl/N-ethyl adjacent to an activating group) is 2. The number of nitrogens with zero attached hydrogens (tertiary/aromatic N) is 2. The topological polar surface area (TPSA) is 79.0 Å². The van der Waals surface area contributed by atoms with Crippen LogP contribution < -0.4 is 10.1 Å². The summed E-state index contributed by atoms with van der Waals surface area (Å²) in [6.45, 7) is 2.22. The molecule has 1 aromatic carbocycles. The summed E-state index contributed by atoms with van der Waals surface area (Å²) in [5.74, 6) is 0.117. The number of rotatable bonds is 7. The largest absolute Gasteiger partial charge is 0.496 e. The first kappa shape index (κ1) is 20.7. The van der Waals surface area contributed by atoms with Gasteiger partial charge in [0.15, 0.2) is 0 Å². The van der Waals surface area contributed by atoms with Gasteiger partial charge in [0.1, 0.15) is 5.75 Å². The fourth-order valence-corrected chi connectivity index (χ4v) is 4.58. The average Bonchev–Trinajstić information content (AvgIpc) is 2.94. The van der Waals surface area contributed by atoms with E-state index in [2.05, 4.69) is 5.32 Å². The summed E-state index contributed by atoms with van der Waals surface area (Å²) < 4.78 is 32.8. The second-order valence-corrected chi connectivity index (χ2v) is 8.45. The summed E-state index contributed by atoms with van der Waals surface area (Å²) in [4.78, 5) is 14.4. The molecule has 0 atom stereocenters. The van der Waals surface area contributed by atoms with Crippen LogP contribution in [0.3, 0.4) is 0 Å². The van der Waals surface area contributed by atoms with Gasteiger partial charge >= 0.3 is 0 Å². The number of nitrogens with one attached hydrogen (secondary N) is 1. The first-order valence-corrected chi connectivity index (χ1v) is 10.4. The van der Waals surface area contributed by atoms with Crippen molar-refractivity contribution in [3.05, 3.63) is 23.8 Å². The fourth-order valence-electron chi connectivity index (χ4n) is 3.03. The van der Waals surface area contributed by atoms with Gasteiger partial charge in [-0.2, -0.15) is 4.31 Å². The van der Waals surface area contributed by atoms with Crippen molar-refractivity contribution in [2.45, 2.75) is 30.6 Å². The molecule has 0 saturated carbocycles. The van der Waals surface area contributed by atoms with Crippen molar-refractivity contribution < 1.29 is 17.9 Å². The molecule has 8 heteroatoms. The van der Waals surface area contributed by atoms with Crippen molar-refractivity contribution in [3.8, 4) is 5.75 Å². The lowest BCUT2D eigenvalue weighted by Gasteiger charge is -2.22. The van der Waals surface area contributed by atoms with Crippen LogP contribution in [0.4, 0.5) is 0 Å². The Morgan fingerprint density at radius 1 is 1.23 bits per heavy atom. The van der Waals surface area contributed by atoms with Gasteiger partial charge in [0.05, 0.1) is 17.6 Å². The molecule has 1 saturated heterocycles. The Morgan fingerprint density at radius 3 is 2.46 bits per heavy atom. The molecule has 1 N–H and O–H groups in total. The van der Waals surface area contributed by atoms with E-state index >= 15 is 0 Å². The van der Waals surface area contributed by atoms with Crippen LogP contribution in [0.5, 0.6) is 5.75 Å². The van der Waals surface area contributed by atoms with E-state index in [1.165, 1.54) is 23.5 Å². The maximum Gasteiger partial charge on any atom is 0.257 e. The smallest absolute Gasteiger partial charge is 0.257 e. The van der Waals surface area contributed by atoms with E-state index in [1.54, 1.807) is 18.0 Å². The van der Waals surface area contributed by atoms with Crippen LogP contribution in [0, 0.1) is 0 Å². The van der Waals surface area contributed by atoms with E-state index in [4.69, 9.17) is 4.74 Å². The number of methoxy groups -OCH3 is 1. The number of ether oxygens (including phenoxy) is 1. The molecule has 1 aliphatic heterocycles. The van der Waals surface area contributed by atoms with E-state index in [0.29, 0.717) is 31.9 Å². The zero-order valence-corrected chi connectivity index (χ0v) is 16.6. The van der Waals surface area contributed by atoms with E-state index in [-0.39, 0.29) is 16.4 Å². The molecule has 0 spiro atoms. The van der Waals surface area contributed by atoms with Gasteiger partial charge < -0.3 is 15.0 Å². The third kappa shape index (κ3) is 4.75. The molecule has 0 bridgehead atoms. The van der Waals surface area contributed by atoms with Crippen molar-refractivity contribution in [1.29, 1.82) is 0 Å². The summed E-state index contributed by atoms with van der Waals surface area (Å²) in [5.41, 5.74) is 0.266. The van der Waals surface area contributed by atoms with Crippen LogP contribution in [0.2, 0.25) is 0 Å². The molecule has 0 aromatic heterocycles. The van der Waals surface area contributed by atoms with Crippen molar-refractivity contribution >= 4 is 15.9 Å². The Hall–Kier alpha value is -1.64. The predicted octanol–water partition coefficient (Wildman–Crippen LogP) is 1.55. The lowest BCUT2D eigenvalue weighted by atomic mass is 10.1. The summed E-state index contributed by atoms with van der Waals surface area (Å²) in [7, 11) is 1.36. The Balaban J connectivity index is 2.34. The predicted molar refractivity (Wildman–Crippen MR) is 101 cm³/mol. The van der Waals surface area contributed by atoms with Gasteiger partial charge in [-0.15, -0.1) is 0 Å². The molecule has 0 aliphatic carbocycles. The summed E-state index contributed by atoms with van der Waals surface area (Å²) in [5, 5.41) is 2.99. The van der Waals surface area contributed by atoms with Crippen molar-refractivity contribution in [2.24, 2.45) is 0 Å². The van der Waals surface area contributed by atoms with E-state index in [1.807, 2.05) is 7.05 Å². The number of hydrogen-bond donors (Lipinski definition) is 1. The highest BCUT2D eigenvalue weighted by molar-refractivity contribution is 7.89. The Morgan fingerprint density at radius 2 is 1.88 bits per heavy atom. The number of hydrogen-bond acceptors (Lipinski definition) is 5. The zero-order chi connectivity index (χ0) is 19.2. The molecular weight excluding hydrogens is 354 g/mol. The second kappa shape index (κ2) is 9.34. The molecule has 7 nitrogen and oxygen atoms in total. The van der Waals surface area contributed by atoms with Crippen molar-refractivity contribution in [2.75, 3.05) is 47.4 Å². The SMILES string of the molecule is CNCCN(C)C(=O)c1cc(S(=O)(=O)N2CCCCCC2)ccc1OC. The van der Waals surface area contributed by atoms with Gasteiger partial charge in [-0.3, -0.25) is 4.79 Å². The molecule has 2 rings (SSSR count). The summed E-state index contributed by atoms with van der Waals surface area (Å²) in [6.07, 6.45) is 3.84. The number of carbonyl (C=O) groups is 1. The Kier molecular flexibility index (Phi) is 7.43. The standard InChI is InChI=1S/C18H29N3O4S/c1-19-10-13-20(2)18(22)16-14-15(8-9-17(16)25-3)26(23,24)21-11-6-4-5-7-12-21/h8-9,14,19H,4-7,10-13H2,1-3H3. The van der Waals surface area contributed by atoms with Crippen molar-refractivity contribution in [3.63, 3.8) is 0 Å². The fraction of sp³-hybridized carbons (Fsp3) is 0.611. The minimum absolute atomic E-state index is 0.144. The molecule has 0 unspecified atom stereocenters. The Bertz CT molecular complexity index is 713. The van der Waals surface area contributed by atoms with E-state index in [9.17, 15) is 13.2 Å². The highest BCUT2D eigenvalue weighted by Gasteiger charge is 2.27. The van der Waals surface area contributed by atoms with E-state index < -0.39 is 10.0 Å². The molecule has 0 radical (unpaired) electrons. The number of sulfonamides is 1. The van der Waals surface area contributed by atoms with Gasteiger partial charge in [-0.05, 0) is 38.1 Å². The highest BCUT2D eigenvalue weighted by atomic mass is 32.2. The number of carbonyl (C=O) groups excluding carboxylic acids is 1. The van der Waals surface area contributed by atoms with Crippen LogP contribution >= 0.6 is 0 Å². The van der Waals surface area contributed by atoms with Crippen molar-refractivity contribution in [1.82, 2.24) is 14.5 Å². The lowest BCUT2D eigenvalue weighted by molar-refractivity contribution is 0.0793. The second-order valence-electron chi connectivity index (χ2n) is 6.51. The normalized spacial score (nSPS) is 16.1. The first-order valence-electron chi connectivity index (χ1n) is 9.00. The lowest BCUT2D eigenvalue weighted by Crippen LogP contribution is -2.34. The van der Waals surface area contributed by atoms with Gasteiger partial charge in [-0.1, -0.05) is 12.8 Å². The van der Waals surface area contributed by atoms with Crippen LogP contribution in [0.15, 0.2) is 23.1 Å². The first-order chi connectivity index (χ1) is 12.4. The monoisotopic (exact) mass is 383 g/mol. The average molecular weight is 384 g/mol. The molecule has 146 valence electrons. The molecule has 1 aliphatic rings. The minimum atomic E-state index is -3.61. The van der Waals surface area contributed by atoms with Gasteiger partial charge in [0, 0.05) is 33.2 Å². The number of amides is 1. The molecule has 26 heavy (non-hydrogen) atoms. The van der Waals surface area contributed by atoms with Gasteiger partial charge in [-0.25, -0.2) is 8.42 Å². The van der Waals surface area contributed by atoms with Crippen LogP contribution in [-0.4, -0.2) is 70.9 Å². The maximum atomic E-state index is 13.0. The third-order valence-electron chi connectivity index (χ3n) is 4.65. The quantitative estimate of drug-likeness (QED) is 0.773. The van der Waals surface area contributed by atoms with Gasteiger partial charge in [0.2, 0.25) is 10.0 Å². The van der Waals surface area contributed by atoms with E-state index in [0.717, 1.165) is 25.7 Å². The van der Waals surface area contributed by atoms with Crippen LogP contribution in [-0.2, 0) is 10.0 Å². The number of benzene rings is 1. The molecule has 1 amide bonds. The maximum absolute atomic E-state index is 13.0.